The second kappa shape index (κ2) is 3.01. The molecule has 0 aromatic carbocycles. The highest BCUT2D eigenvalue weighted by molar-refractivity contribution is 5.17. The van der Waals surface area contributed by atoms with E-state index in [4.69, 9.17) is 1.41 Å². The topological polar surface area (TPSA) is 24.9 Å². The van der Waals surface area contributed by atoms with Crippen molar-refractivity contribution in [3.8, 4) is 0 Å². The van der Waals surface area contributed by atoms with Crippen molar-refractivity contribution in [3.05, 3.63) is 30.1 Å². The van der Waals surface area contributed by atoms with E-state index in [2.05, 4.69) is 4.98 Å². The molecule has 1 aromatic heterocycles. The molecule has 1 unspecified atom stereocenters. The van der Waals surface area contributed by atoms with Crippen LogP contribution >= 0.6 is 0 Å². The number of pyridine rings is 1. The smallest absolute Gasteiger partial charge is 0.122 e. The molecule has 2 heteroatoms. The Morgan fingerprint density at radius 1 is 1.55 bits per heavy atom. The first kappa shape index (κ1) is 5.72. The first-order chi connectivity index (χ1) is 5.86. The predicted molar refractivity (Wildman–Crippen MR) is 44.5 cm³/mol. The summed E-state index contributed by atoms with van der Waals surface area (Å²) in [7, 11) is 0. The van der Waals surface area contributed by atoms with Crippen LogP contribution in [-0.4, -0.2) is 18.1 Å². The van der Waals surface area contributed by atoms with Gasteiger partial charge < -0.3 is 5.31 Å². The molecule has 1 N–H and O–H groups in total. The van der Waals surface area contributed by atoms with Gasteiger partial charge in [-0.15, -0.1) is 0 Å². The van der Waals surface area contributed by atoms with Crippen molar-refractivity contribution < 1.29 is 1.41 Å². The van der Waals surface area contributed by atoms with Gasteiger partial charge in [-0.25, -0.2) is 0 Å². The van der Waals surface area contributed by atoms with E-state index in [1.54, 1.807) is 5.31 Å². The van der Waals surface area contributed by atoms with Crippen molar-refractivity contribution in [2.24, 2.45) is 0 Å². The van der Waals surface area contributed by atoms with Gasteiger partial charge in [0.05, 0.1) is 0 Å². The van der Waals surface area contributed by atoms with E-state index in [0.29, 0.717) is 5.92 Å². The fourth-order valence-corrected chi connectivity index (χ4v) is 1.49. The average Bonchev–Trinajstić information content (AvgIpc) is 2.54. The Balaban J connectivity index is 2.11. The normalized spacial score (nSPS) is 26.9. The minimum absolute atomic E-state index is 0.547. The SMILES string of the molecule is [2H]N1CCC(c2ccncc2)C1. The highest BCUT2D eigenvalue weighted by atomic mass is 14.9. The van der Waals surface area contributed by atoms with Crippen molar-refractivity contribution in [2.45, 2.75) is 12.3 Å². The number of hydrogen-bond donors (Lipinski definition) is 1. The molecule has 0 aliphatic carbocycles. The molecule has 1 atom stereocenters. The Hall–Kier alpha value is -0.890. The van der Waals surface area contributed by atoms with Crippen LogP contribution in [0.2, 0.25) is 1.41 Å². The maximum atomic E-state index is 7.43. The highest BCUT2D eigenvalue weighted by Crippen LogP contribution is 2.20. The monoisotopic (exact) mass is 149 g/mol. The number of nitrogens with one attached hydrogen (secondary N) is 1. The van der Waals surface area contributed by atoms with E-state index >= 15 is 0 Å². The van der Waals surface area contributed by atoms with E-state index in [1.165, 1.54) is 5.56 Å². The van der Waals surface area contributed by atoms with E-state index in [-0.39, 0.29) is 0 Å². The molecule has 0 spiro atoms. The van der Waals surface area contributed by atoms with Crippen molar-refractivity contribution in [1.29, 1.82) is 0 Å². The Kier molecular flexibility index (Phi) is 1.57. The van der Waals surface area contributed by atoms with E-state index in [9.17, 15) is 0 Å². The first-order valence-corrected chi connectivity index (χ1v) is 4.00. The quantitative estimate of drug-likeness (QED) is 0.648. The van der Waals surface area contributed by atoms with Gasteiger partial charge in [0.15, 0.2) is 0 Å². The molecule has 0 amide bonds. The van der Waals surface area contributed by atoms with Crippen LogP contribution in [-0.2, 0) is 0 Å². The molecule has 1 aromatic rings. The van der Waals surface area contributed by atoms with Gasteiger partial charge >= 0.3 is 0 Å². The lowest BCUT2D eigenvalue weighted by atomic mass is 10.0. The molecular weight excluding hydrogens is 136 g/mol. The highest BCUT2D eigenvalue weighted by Gasteiger charge is 2.15. The summed E-state index contributed by atoms with van der Waals surface area (Å²) in [6, 6.07) is 4.09. The summed E-state index contributed by atoms with van der Waals surface area (Å²) in [5, 5.41) is 1.63. The van der Waals surface area contributed by atoms with Gasteiger partial charge in [-0.3, -0.25) is 4.98 Å². The van der Waals surface area contributed by atoms with Crippen LogP contribution in [0.15, 0.2) is 24.5 Å². The minimum atomic E-state index is 0.547. The summed E-state index contributed by atoms with van der Waals surface area (Å²) in [5.41, 5.74) is 1.32. The molecule has 58 valence electrons. The number of nitrogens with zero attached hydrogens (tertiary/aromatic N) is 1. The van der Waals surface area contributed by atoms with Crippen LogP contribution in [0.1, 0.15) is 17.9 Å². The second-order valence-corrected chi connectivity index (χ2v) is 2.90. The maximum absolute atomic E-state index is 7.43. The van der Waals surface area contributed by atoms with Crippen LogP contribution in [0.25, 0.3) is 0 Å². The molecule has 2 heterocycles. The largest absolute Gasteiger partial charge is 0.316 e. The molecule has 0 bridgehead atoms. The Morgan fingerprint density at radius 3 is 3.00 bits per heavy atom. The third kappa shape index (κ3) is 1.40. The van der Waals surface area contributed by atoms with Crippen LogP contribution in [0.4, 0.5) is 0 Å². The van der Waals surface area contributed by atoms with E-state index < -0.39 is 0 Å². The summed E-state index contributed by atoms with van der Waals surface area (Å²) >= 11 is 0. The van der Waals surface area contributed by atoms with Gasteiger partial charge in [0.25, 0.3) is 0 Å². The summed E-state index contributed by atoms with van der Waals surface area (Å²) in [4.78, 5) is 3.98. The van der Waals surface area contributed by atoms with Crippen LogP contribution in [0, 0.1) is 0 Å². The fraction of sp³-hybridized carbons (Fsp3) is 0.444. The Morgan fingerprint density at radius 2 is 2.36 bits per heavy atom. The first-order valence-electron chi connectivity index (χ1n) is 4.45. The molecule has 2 nitrogen and oxygen atoms in total. The van der Waals surface area contributed by atoms with Crippen molar-refractivity contribution in [3.63, 3.8) is 0 Å². The molecule has 0 saturated carbocycles. The lowest BCUT2D eigenvalue weighted by Crippen LogP contribution is -2.07. The molecule has 1 fully saturated rings. The van der Waals surface area contributed by atoms with Crippen LogP contribution in [0.3, 0.4) is 0 Å². The lowest BCUT2D eigenvalue weighted by Gasteiger charge is -2.06. The summed E-state index contributed by atoms with van der Waals surface area (Å²) in [5.74, 6) is 0.547. The maximum Gasteiger partial charge on any atom is 0.122 e. The van der Waals surface area contributed by atoms with Crippen molar-refractivity contribution in [2.75, 3.05) is 13.1 Å². The Labute approximate surface area is 68.1 Å². The third-order valence-electron chi connectivity index (χ3n) is 2.16. The standard InChI is InChI=1S/C9H12N2/c1-4-10-5-2-8(1)9-3-6-11-7-9/h1-2,4-5,9,11H,3,6-7H2/i/hD. The zero-order chi connectivity index (χ0) is 8.39. The van der Waals surface area contributed by atoms with Gasteiger partial charge in [0, 0.05) is 18.9 Å². The van der Waals surface area contributed by atoms with Gasteiger partial charge in [-0.1, -0.05) is 0 Å². The molecule has 11 heavy (non-hydrogen) atoms. The molecule has 1 aliphatic heterocycles. The van der Waals surface area contributed by atoms with Gasteiger partial charge in [0.1, 0.15) is 1.41 Å². The average molecular weight is 149 g/mol. The van der Waals surface area contributed by atoms with Crippen LogP contribution in [0.5, 0.6) is 0 Å². The second-order valence-electron chi connectivity index (χ2n) is 2.90. The summed E-state index contributed by atoms with van der Waals surface area (Å²) < 4.78 is 7.43. The Bertz CT molecular complexity index is 250. The van der Waals surface area contributed by atoms with Crippen molar-refractivity contribution in [1.82, 2.24) is 10.3 Å². The zero-order valence-corrected chi connectivity index (χ0v) is 6.40. The molecule has 0 radical (unpaired) electrons. The fourth-order valence-electron chi connectivity index (χ4n) is 1.49. The third-order valence-corrected chi connectivity index (χ3v) is 2.16. The van der Waals surface area contributed by atoms with Gasteiger partial charge in [0.2, 0.25) is 0 Å². The van der Waals surface area contributed by atoms with Crippen LogP contribution < -0.4 is 5.31 Å². The van der Waals surface area contributed by atoms with Gasteiger partial charge in [-0.2, -0.15) is 0 Å². The summed E-state index contributed by atoms with van der Waals surface area (Å²) in [6.07, 6.45) is 4.75. The lowest BCUT2D eigenvalue weighted by molar-refractivity contribution is 0.761. The van der Waals surface area contributed by atoms with Crippen molar-refractivity contribution >= 4 is 0 Å². The zero-order valence-electron chi connectivity index (χ0n) is 7.40. The summed E-state index contributed by atoms with van der Waals surface area (Å²) in [6.45, 7) is 1.76. The molecule has 1 aliphatic rings. The number of hydrogen-bond acceptors (Lipinski definition) is 2. The predicted octanol–water partition coefficient (Wildman–Crippen LogP) is 1.16. The van der Waals surface area contributed by atoms with Gasteiger partial charge in [-0.05, 0) is 36.6 Å². The number of aromatic nitrogens is 1. The molecule has 2 rings (SSSR count). The van der Waals surface area contributed by atoms with E-state index in [1.807, 2.05) is 24.5 Å². The molecule has 1 saturated heterocycles. The van der Waals surface area contributed by atoms with E-state index in [0.717, 1.165) is 19.5 Å². The minimum Gasteiger partial charge on any atom is -0.316 e. The molecular formula is C9H12N2. The number of rotatable bonds is 1.